The molecule has 1 atom stereocenters. The minimum absolute atomic E-state index is 0.259. The molecule has 1 aliphatic rings. The Balaban J connectivity index is 1.46. The van der Waals surface area contributed by atoms with E-state index in [1.54, 1.807) is 7.11 Å². The van der Waals surface area contributed by atoms with E-state index in [0.717, 1.165) is 40.1 Å². The summed E-state index contributed by atoms with van der Waals surface area (Å²) in [6.07, 6.45) is 2.05. The molecule has 0 saturated carbocycles. The highest BCUT2D eigenvalue weighted by Gasteiger charge is 2.29. The number of nitrogens with zero attached hydrogens (tertiary/aromatic N) is 1. The van der Waals surface area contributed by atoms with Gasteiger partial charge in [-0.3, -0.25) is 0 Å². The molecule has 166 valence electrons. The minimum Gasteiger partial charge on any atom is -0.497 e. The van der Waals surface area contributed by atoms with Gasteiger partial charge in [0.1, 0.15) is 18.1 Å². The van der Waals surface area contributed by atoms with Crippen LogP contribution in [0.25, 0.3) is 0 Å². The zero-order valence-corrected chi connectivity index (χ0v) is 20.2. The van der Waals surface area contributed by atoms with Crippen molar-refractivity contribution in [2.45, 2.75) is 25.5 Å². The van der Waals surface area contributed by atoms with E-state index < -0.39 is 0 Å². The molecule has 0 bridgehead atoms. The van der Waals surface area contributed by atoms with Gasteiger partial charge in [0.2, 0.25) is 0 Å². The fourth-order valence-electron chi connectivity index (χ4n) is 4.48. The maximum Gasteiger partial charge on any atom is 0.119 e. The molecule has 4 aromatic carbocycles. The third-order valence-corrected chi connectivity index (χ3v) is 6.69. The summed E-state index contributed by atoms with van der Waals surface area (Å²) < 4.78 is 12.6. The number of hydrogen-bond donors (Lipinski definition) is 0. The summed E-state index contributed by atoms with van der Waals surface area (Å²) in [6.45, 7) is 0.564. The maximum atomic E-state index is 6.02. The van der Waals surface area contributed by atoms with Crippen LogP contribution in [-0.4, -0.2) is 7.11 Å². The lowest BCUT2D eigenvalue weighted by molar-refractivity contribution is 0.306. The van der Waals surface area contributed by atoms with Crippen LogP contribution in [0, 0.1) is 0 Å². The Morgan fingerprint density at radius 1 is 0.848 bits per heavy atom. The van der Waals surface area contributed by atoms with E-state index in [2.05, 4.69) is 93.6 Å². The van der Waals surface area contributed by atoms with Gasteiger partial charge in [-0.15, -0.1) is 0 Å². The lowest BCUT2D eigenvalue weighted by atomic mass is 9.90. The summed E-state index contributed by atoms with van der Waals surface area (Å²) in [5.41, 5.74) is 6.17. The first-order chi connectivity index (χ1) is 16.2. The molecule has 0 radical (unpaired) electrons. The lowest BCUT2D eigenvalue weighted by Gasteiger charge is -2.39. The van der Waals surface area contributed by atoms with E-state index >= 15 is 0 Å². The molecule has 0 saturated heterocycles. The smallest absolute Gasteiger partial charge is 0.119 e. The molecule has 1 heterocycles. The second-order valence-corrected chi connectivity index (χ2v) is 9.15. The highest BCUT2D eigenvalue weighted by molar-refractivity contribution is 9.10. The quantitative estimate of drug-likeness (QED) is 0.269. The van der Waals surface area contributed by atoms with E-state index in [4.69, 9.17) is 9.47 Å². The number of fused-ring (bicyclic) bond motifs is 1. The molecule has 4 aromatic rings. The van der Waals surface area contributed by atoms with Crippen molar-refractivity contribution in [3.63, 3.8) is 0 Å². The first-order valence-corrected chi connectivity index (χ1v) is 12.0. The molecule has 0 N–H and O–H groups in total. The van der Waals surface area contributed by atoms with Gasteiger partial charge >= 0.3 is 0 Å². The van der Waals surface area contributed by atoms with E-state index in [9.17, 15) is 0 Å². The van der Waals surface area contributed by atoms with Gasteiger partial charge in [0.05, 0.1) is 13.2 Å². The molecular formula is C29H26BrNO2. The Morgan fingerprint density at radius 3 is 2.30 bits per heavy atom. The normalized spacial score (nSPS) is 15.1. The number of anilines is 2. The predicted octanol–water partition coefficient (Wildman–Crippen LogP) is 7.86. The zero-order chi connectivity index (χ0) is 22.6. The molecule has 3 nitrogen and oxygen atoms in total. The highest BCUT2D eigenvalue weighted by Crippen LogP contribution is 2.45. The Bertz CT molecular complexity index is 1210. The Labute approximate surface area is 203 Å². The Hall–Kier alpha value is -3.24. The van der Waals surface area contributed by atoms with Crippen molar-refractivity contribution in [3.05, 3.63) is 118 Å². The third-order valence-electron chi connectivity index (χ3n) is 6.16. The standard InChI is InChI=1S/C29H26BrNO2/c1-32-27-16-18-29-23(19-27)9-17-28(22-7-10-24(30)11-8-22)31(29)25-12-14-26(15-13-25)33-20-21-5-3-2-4-6-21/h2-8,10-16,18-19,28H,9,17,20H2,1H3. The number of aryl methyl sites for hydroxylation is 1. The average molecular weight is 500 g/mol. The third kappa shape index (κ3) is 4.76. The summed E-state index contributed by atoms with van der Waals surface area (Å²) >= 11 is 3.57. The highest BCUT2D eigenvalue weighted by atomic mass is 79.9. The summed E-state index contributed by atoms with van der Waals surface area (Å²) in [6, 6.07) is 34.0. The molecule has 4 heteroatoms. The van der Waals surface area contributed by atoms with Crippen LogP contribution in [0.2, 0.25) is 0 Å². The van der Waals surface area contributed by atoms with Crippen molar-refractivity contribution in [2.24, 2.45) is 0 Å². The molecule has 0 aromatic heterocycles. The second kappa shape index (κ2) is 9.72. The number of hydrogen-bond acceptors (Lipinski definition) is 3. The van der Waals surface area contributed by atoms with Gasteiger partial charge in [0, 0.05) is 15.8 Å². The molecule has 0 aliphatic carbocycles. The van der Waals surface area contributed by atoms with Crippen LogP contribution in [0.15, 0.2) is 102 Å². The fraction of sp³-hybridized carbons (Fsp3) is 0.172. The molecule has 0 fully saturated rings. The molecule has 1 aliphatic heterocycles. The van der Waals surface area contributed by atoms with Crippen molar-refractivity contribution < 1.29 is 9.47 Å². The largest absolute Gasteiger partial charge is 0.497 e. The van der Waals surface area contributed by atoms with Crippen LogP contribution in [0.4, 0.5) is 11.4 Å². The molecule has 5 rings (SSSR count). The fourth-order valence-corrected chi connectivity index (χ4v) is 4.74. The van der Waals surface area contributed by atoms with Gasteiger partial charge in [0.15, 0.2) is 0 Å². The van der Waals surface area contributed by atoms with Crippen molar-refractivity contribution in [1.82, 2.24) is 0 Å². The van der Waals surface area contributed by atoms with E-state index in [0.29, 0.717) is 6.61 Å². The van der Waals surface area contributed by atoms with Crippen molar-refractivity contribution in [1.29, 1.82) is 0 Å². The summed E-state index contributed by atoms with van der Waals surface area (Å²) in [5, 5.41) is 0. The number of benzene rings is 4. The van der Waals surface area contributed by atoms with Gasteiger partial charge < -0.3 is 14.4 Å². The van der Waals surface area contributed by atoms with E-state index in [1.165, 1.54) is 16.8 Å². The van der Waals surface area contributed by atoms with E-state index in [1.807, 2.05) is 24.3 Å². The monoisotopic (exact) mass is 499 g/mol. The first kappa shape index (κ1) is 21.6. The Kier molecular flexibility index (Phi) is 6.36. The number of ether oxygens (including phenoxy) is 2. The predicted molar refractivity (Wildman–Crippen MR) is 138 cm³/mol. The Morgan fingerprint density at radius 2 is 1.58 bits per heavy atom. The van der Waals surface area contributed by atoms with Gasteiger partial charge in [0.25, 0.3) is 0 Å². The summed E-state index contributed by atoms with van der Waals surface area (Å²) in [5.74, 6) is 1.77. The molecule has 0 spiro atoms. The topological polar surface area (TPSA) is 21.7 Å². The summed E-state index contributed by atoms with van der Waals surface area (Å²) in [7, 11) is 1.72. The van der Waals surface area contributed by atoms with Crippen LogP contribution in [0.3, 0.4) is 0 Å². The molecule has 1 unspecified atom stereocenters. The van der Waals surface area contributed by atoms with Crippen LogP contribution in [0.1, 0.15) is 29.2 Å². The van der Waals surface area contributed by atoms with Gasteiger partial charge in [-0.05, 0) is 84.1 Å². The maximum absolute atomic E-state index is 6.02. The molecule has 0 amide bonds. The molecule has 33 heavy (non-hydrogen) atoms. The number of halogens is 1. The SMILES string of the molecule is COc1ccc2c(c1)CCC(c1ccc(Br)cc1)N2c1ccc(OCc2ccccc2)cc1. The average Bonchev–Trinajstić information content (AvgIpc) is 2.88. The van der Waals surface area contributed by atoms with Crippen molar-refractivity contribution in [3.8, 4) is 11.5 Å². The zero-order valence-electron chi connectivity index (χ0n) is 18.6. The van der Waals surface area contributed by atoms with Gasteiger partial charge in [-0.25, -0.2) is 0 Å². The summed E-state index contributed by atoms with van der Waals surface area (Å²) in [4.78, 5) is 2.45. The van der Waals surface area contributed by atoms with Crippen LogP contribution < -0.4 is 14.4 Å². The van der Waals surface area contributed by atoms with Crippen molar-refractivity contribution >= 4 is 27.3 Å². The van der Waals surface area contributed by atoms with Gasteiger partial charge in [-0.2, -0.15) is 0 Å². The van der Waals surface area contributed by atoms with Crippen LogP contribution in [0.5, 0.6) is 11.5 Å². The van der Waals surface area contributed by atoms with Gasteiger partial charge in [-0.1, -0.05) is 58.4 Å². The number of methoxy groups -OCH3 is 1. The molecular weight excluding hydrogens is 474 g/mol. The number of rotatable bonds is 6. The second-order valence-electron chi connectivity index (χ2n) is 8.24. The van der Waals surface area contributed by atoms with Crippen molar-refractivity contribution in [2.75, 3.05) is 12.0 Å². The van der Waals surface area contributed by atoms with Crippen LogP contribution >= 0.6 is 15.9 Å². The van der Waals surface area contributed by atoms with E-state index in [-0.39, 0.29) is 6.04 Å². The minimum atomic E-state index is 0.259. The van der Waals surface area contributed by atoms with Crippen LogP contribution in [-0.2, 0) is 13.0 Å². The first-order valence-electron chi connectivity index (χ1n) is 11.2. The lowest BCUT2D eigenvalue weighted by Crippen LogP contribution is -2.29.